The molecule has 1 amide bonds. The summed E-state index contributed by atoms with van der Waals surface area (Å²) in [7, 11) is 0. The standard InChI is InChI=1S/C21H20N2O3S/c1-13(2)23-20(24)19(27-21(23)22-16-7-5-4-6-8-16)11-15-10-18-17(9-14(15)3)25-12-26-18/h4-11,13H,12H2,1-3H3/b19-11+,22-21?. The molecular formula is C21H20N2O3S. The van der Waals surface area contributed by atoms with Gasteiger partial charge in [0.15, 0.2) is 16.7 Å². The number of thioether (sulfide) groups is 1. The molecule has 0 unspecified atom stereocenters. The molecule has 0 saturated carbocycles. The van der Waals surface area contributed by atoms with Gasteiger partial charge in [-0.2, -0.15) is 0 Å². The number of hydrogen-bond acceptors (Lipinski definition) is 5. The Bertz CT molecular complexity index is 951. The molecule has 2 aliphatic rings. The molecule has 2 heterocycles. The van der Waals surface area contributed by atoms with Crippen LogP contribution >= 0.6 is 11.8 Å². The first-order valence-corrected chi connectivity index (χ1v) is 9.61. The van der Waals surface area contributed by atoms with Crippen molar-refractivity contribution in [2.24, 2.45) is 4.99 Å². The van der Waals surface area contributed by atoms with Crippen molar-refractivity contribution in [3.05, 3.63) is 58.5 Å². The van der Waals surface area contributed by atoms with Crippen LogP contribution in [0.5, 0.6) is 11.5 Å². The van der Waals surface area contributed by atoms with Gasteiger partial charge < -0.3 is 9.47 Å². The lowest BCUT2D eigenvalue weighted by molar-refractivity contribution is -0.123. The number of aliphatic imine (C=N–C) groups is 1. The van der Waals surface area contributed by atoms with E-state index in [4.69, 9.17) is 9.47 Å². The molecule has 0 bridgehead atoms. The summed E-state index contributed by atoms with van der Waals surface area (Å²) in [5, 5.41) is 0.700. The predicted octanol–water partition coefficient (Wildman–Crippen LogP) is 4.74. The topological polar surface area (TPSA) is 51.1 Å². The normalized spacial score (nSPS) is 19.0. The van der Waals surface area contributed by atoms with Gasteiger partial charge in [0.1, 0.15) is 0 Å². The van der Waals surface area contributed by atoms with E-state index in [9.17, 15) is 4.79 Å². The van der Waals surface area contributed by atoms with Crippen LogP contribution < -0.4 is 9.47 Å². The van der Waals surface area contributed by atoms with Crippen molar-refractivity contribution in [3.8, 4) is 11.5 Å². The molecule has 0 aliphatic carbocycles. The number of fused-ring (bicyclic) bond motifs is 1. The minimum absolute atomic E-state index is 0.0243. The van der Waals surface area contributed by atoms with E-state index in [1.54, 1.807) is 4.90 Å². The van der Waals surface area contributed by atoms with E-state index in [1.807, 2.05) is 69.3 Å². The third-order valence-electron chi connectivity index (χ3n) is 4.38. The monoisotopic (exact) mass is 380 g/mol. The second-order valence-electron chi connectivity index (χ2n) is 6.67. The van der Waals surface area contributed by atoms with E-state index in [1.165, 1.54) is 11.8 Å². The number of hydrogen-bond donors (Lipinski definition) is 0. The molecule has 4 rings (SSSR count). The summed E-state index contributed by atoms with van der Waals surface area (Å²) in [5.74, 6) is 1.43. The summed E-state index contributed by atoms with van der Waals surface area (Å²) in [4.78, 5) is 20.1. The highest BCUT2D eigenvalue weighted by Gasteiger charge is 2.35. The van der Waals surface area contributed by atoms with Crippen LogP contribution in [0, 0.1) is 6.92 Å². The lowest BCUT2D eigenvalue weighted by Gasteiger charge is -2.19. The van der Waals surface area contributed by atoms with Crippen molar-refractivity contribution in [3.63, 3.8) is 0 Å². The van der Waals surface area contributed by atoms with Crippen molar-refractivity contribution in [1.29, 1.82) is 0 Å². The highest BCUT2D eigenvalue weighted by atomic mass is 32.2. The molecule has 2 aromatic carbocycles. The molecule has 1 saturated heterocycles. The van der Waals surface area contributed by atoms with Crippen molar-refractivity contribution in [2.45, 2.75) is 26.8 Å². The summed E-state index contributed by atoms with van der Waals surface area (Å²) < 4.78 is 10.9. The number of nitrogens with zero attached hydrogens (tertiary/aromatic N) is 2. The lowest BCUT2D eigenvalue weighted by Crippen LogP contribution is -2.35. The van der Waals surface area contributed by atoms with Crippen LogP contribution in [0.4, 0.5) is 5.69 Å². The lowest BCUT2D eigenvalue weighted by atomic mass is 10.1. The Kier molecular flexibility index (Phi) is 4.66. The van der Waals surface area contributed by atoms with Crippen LogP contribution in [0.1, 0.15) is 25.0 Å². The van der Waals surface area contributed by atoms with E-state index in [0.717, 1.165) is 22.6 Å². The molecule has 2 aliphatic heterocycles. The van der Waals surface area contributed by atoms with Crippen LogP contribution in [-0.4, -0.2) is 28.8 Å². The fourth-order valence-electron chi connectivity index (χ4n) is 2.99. The maximum atomic E-state index is 13.0. The first-order chi connectivity index (χ1) is 13.0. The number of amidine groups is 1. The zero-order chi connectivity index (χ0) is 19.0. The fourth-order valence-corrected chi connectivity index (χ4v) is 4.10. The molecule has 0 atom stereocenters. The molecule has 0 spiro atoms. The van der Waals surface area contributed by atoms with E-state index >= 15 is 0 Å². The summed E-state index contributed by atoms with van der Waals surface area (Å²) >= 11 is 1.40. The van der Waals surface area contributed by atoms with Gasteiger partial charge in [0.2, 0.25) is 6.79 Å². The minimum atomic E-state index is -0.0262. The minimum Gasteiger partial charge on any atom is -0.454 e. The van der Waals surface area contributed by atoms with Gasteiger partial charge in [-0.25, -0.2) is 4.99 Å². The third kappa shape index (κ3) is 3.45. The Morgan fingerprint density at radius 1 is 1.15 bits per heavy atom. The van der Waals surface area contributed by atoms with Gasteiger partial charge in [0, 0.05) is 6.04 Å². The highest BCUT2D eigenvalue weighted by Crippen LogP contribution is 2.39. The molecule has 1 fully saturated rings. The molecule has 2 aromatic rings. The number of benzene rings is 2. The van der Waals surface area contributed by atoms with E-state index in [2.05, 4.69) is 4.99 Å². The van der Waals surface area contributed by atoms with Crippen LogP contribution in [0.3, 0.4) is 0 Å². The van der Waals surface area contributed by atoms with Gasteiger partial charge in [0.25, 0.3) is 5.91 Å². The molecular weight excluding hydrogens is 360 g/mol. The van der Waals surface area contributed by atoms with Crippen molar-refractivity contribution in [1.82, 2.24) is 4.90 Å². The van der Waals surface area contributed by atoms with Gasteiger partial charge >= 0.3 is 0 Å². The van der Waals surface area contributed by atoms with Gasteiger partial charge in [0.05, 0.1) is 10.6 Å². The first kappa shape index (κ1) is 17.7. The smallest absolute Gasteiger partial charge is 0.266 e. The van der Waals surface area contributed by atoms with Crippen LogP contribution in [0.2, 0.25) is 0 Å². The second-order valence-corrected chi connectivity index (χ2v) is 7.68. The van der Waals surface area contributed by atoms with E-state index in [0.29, 0.717) is 15.8 Å². The van der Waals surface area contributed by atoms with Gasteiger partial charge in [-0.05, 0) is 74.0 Å². The Morgan fingerprint density at radius 2 is 1.85 bits per heavy atom. The maximum Gasteiger partial charge on any atom is 0.266 e. The zero-order valence-corrected chi connectivity index (χ0v) is 16.2. The molecule has 0 radical (unpaired) electrons. The number of para-hydroxylation sites is 1. The van der Waals surface area contributed by atoms with E-state index < -0.39 is 0 Å². The van der Waals surface area contributed by atoms with E-state index in [-0.39, 0.29) is 18.7 Å². The summed E-state index contributed by atoms with van der Waals surface area (Å²) in [6.07, 6.45) is 1.91. The zero-order valence-electron chi connectivity index (χ0n) is 15.4. The van der Waals surface area contributed by atoms with Crippen molar-refractivity contribution >= 4 is 34.6 Å². The van der Waals surface area contributed by atoms with Crippen molar-refractivity contribution in [2.75, 3.05) is 6.79 Å². The molecule has 27 heavy (non-hydrogen) atoms. The molecule has 6 heteroatoms. The summed E-state index contributed by atoms with van der Waals surface area (Å²) in [5.41, 5.74) is 2.81. The summed E-state index contributed by atoms with van der Waals surface area (Å²) in [6.45, 7) is 6.22. The third-order valence-corrected chi connectivity index (χ3v) is 5.37. The second kappa shape index (κ2) is 7.12. The average molecular weight is 380 g/mol. The van der Waals surface area contributed by atoms with Crippen LogP contribution in [-0.2, 0) is 4.79 Å². The number of ether oxygens (including phenoxy) is 2. The summed E-state index contributed by atoms with van der Waals surface area (Å²) in [6, 6.07) is 13.6. The largest absolute Gasteiger partial charge is 0.454 e. The quantitative estimate of drug-likeness (QED) is 0.722. The average Bonchev–Trinajstić information content (AvgIpc) is 3.20. The predicted molar refractivity (Wildman–Crippen MR) is 108 cm³/mol. The van der Waals surface area contributed by atoms with Crippen LogP contribution in [0.25, 0.3) is 6.08 Å². The Hall–Kier alpha value is -2.73. The number of amides is 1. The Morgan fingerprint density at radius 3 is 2.56 bits per heavy atom. The van der Waals surface area contributed by atoms with Gasteiger partial charge in [-0.1, -0.05) is 18.2 Å². The SMILES string of the molecule is Cc1cc2c(cc1/C=C1/SC(=Nc3ccccc3)N(C(C)C)C1=O)OCO2. The Labute approximate surface area is 162 Å². The Balaban J connectivity index is 1.71. The van der Waals surface area contributed by atoms with Gasteiger partial charge in [-0.15, -0.1) is 0 Å². The molecule has 5 nitrogen and oxygen atoms in total. The highest BCUT2D eigenvalue weighted by molar-refractivity contribution is 8.18. The van der Waals surface area contributed by atoms with Crippen molar-refractivity contribution < 1.29 is 14.3 Å². The number of carbonyl (C=O) groups is 1. The fraction of sp³-hybridized carbons (Fsp3) is 0.238. The molecule has 0 aromatic heterocycles. The first-order valence-electron chi connectivity index (χ1n) is 8.80. The molecule has 0 N–H and O–H groups in total. The number of rotatable bonds is 3. The van der Waals surface area contributed by atoms with Gasteiger partial charge in [-0.3, -0.25) is 9.69 Å². The number of carbonyl (C=O) groups excluding carboxylic acids is 1. The van der Waals surface area contributed by atoms with Crippen LogP contribution in [0.15, 0.2) is 52.4 Å². The number of aryl methyl sites for hydroxylation is 1. The maximum absolute atomic E-state index is 13.0. The molecule has 138 valence electrons.